The molecule has 28 heavy (non-hydrogen) atoms. The maximum atomic E-state index is 12.6. The van der Waals surface area contributed by atoms with Gasteiger partial charge >= 0.3 is 6.03 Å². The van der Waals surface area contributed by atoms with Crippen molar-refractivity contribution in [1.29, 1.82) is 5.26 Å². The largest absolute Gasteiger partial charge is 0.333 e. The highest BCUT2D eigenvalue weighted by Crippen LogP contribution is 2.25. The van der Waals surface area contributed by atoms with Crippen LogP contribution in [-0.4, -0.2) is 47.0 Å². The van der Waals surface area contributed by atoms with E-state index >= 15 is 0 Å². The standard InChI is InChI=1S/C20H24N6OS/c1-15-7-4-5-8-16(15)23-18(22-14-21)26-11-10-25(13-20(26,2)3)19(27)24-17-9-6-12-28-17/h4-9,12H,10-11,13H2,1-3H3,(H,22,23)(H,24,27). The number of carbonyl (C=O) groups excluding carboxylic acids is 1. The predicted molar refractivity (Wildman–Crippen MR) is 113 cm³/mol. The van der Waals surface area contributed by atoms with E-state index in [1.54, 1.807) is 4.90 Å². The Morgan fingerprint density at radius 3 is 2.68 bits per heavy atom. The van der Waals surface area contributed by atoms with E-state index in [9.17, 15) is 10.1 Å². The normalized spacial score (nSPS) is 16.4. The third kappa shape index (κ3) is 4.43. The van der Waals surface area contributed by atoms with Crippen LogP contribution in [0.1, 0.15) is 19.4 Å². The van der Waals surface area contributed by atoms with Crippen LogP contribution in [0.3, 0.4) is 0 Å². The van der Waals surface area contributed by atoms with Gasteiger partial charge in [0, 0.05) is 19.6 Å². The third-order valence-electron chi connectivity index (χ3n) is 4.71. The summed E-state index contributed by atoms with van der Waals surface area (Å²) in [6.45, 7) is 7.71. The number of amides is 2. The summed E-state index contributed by atoms with van der Waals surface area (Å²) in [6.07, 6.45) is 1.99. The van der Waals surface area contributed by atoms with Crippen molar-refractivity contribution in [2.75, 3.05) is 25.0 Å². The number of piperazine rings is 1. The monoisotopic (exact) mass is 396 g/mol. The van der Waals surface area contributed by atoms with Crippen molar-refractivity contribution in [2.45, 2.75) is 26.3 Å². The summed E-state index contributed by atoms with van der Waals surface area (Å²) in [5.74, 6) is 0.500. The third-order valence-corrected chi connectivity index (χ3v) is 5.49. The number of anilines is 1. The summed E-state index contributed by atoms with van der Waals surface area (Å²) in [4.78, 5) is 21.1. The first kappa shape index (κ1) is 19.7. The quantitative estimate of drug-likeness (QED) is 0.351. The number of aryl methyl sites for hydroxylation is 1. The number of thiophene rings is 1. The average molecular weight is 397 g/mol. The molecule has 0 bridgehead atoms. The Labute approximate surface area is 169 Å². The number of hydrogen-bond acceptors (Lipinski definition) is 4. The van der Waals surface area contributed by atoms with Crippen molar-refractivity contribution >= 4 is 34.0 Å². The van der Waals surface area contributed by atoms with E-state index in [2.05, 4.69) is 20.5 Å². The molecule has 2 amide bonds. The Balaban J connectivity index is 1.78. The topological polar surface area (TPSA) is 83.8 Å². The van der Waals surface area contributed by atoms with Crippen molar-refractivity contribution in [2.24, 2.45) is 4.99 Å². The van der Waals surface area contributed by atoms with Crippen LogP contribution in [0.2, 0.25) is 0 Å². The zero-order valence-corrected chi connectivity index (χ0v) is 17.1. The van der Waals surface area contributed by atoms with Crippen LogP contribution in [0.25, 0.3) is 0 Å². The van der Waals surface area contributed by atoms with Gasteiger partial charge in [-0.25, -0.2) is 9.79 Å². The average Bonchev–Trinajstić information content (AvgIpc) is 3.15. The predicted octanol–water partition coefficient (Wildman–Crippen LogP) is 3.74. The fraction of sp³-hybridized carbons (Fsp3) is 0.350. The van der Waals surface area contributed by atoms with Gasteiger partial charge in [-0.3, -0.25) is 10.6 Å². The van der Waals surface area contributed by atoms with Crippen LogP contribution < -0.4 is 10.6 Å². The molecule has 7 nitrogen and oxygen atoms in total. The molecule has 1 aromatic heterocycles. The van der Waals surface area contributed by atoms with Crippen LogP contribution in [0.5, 0.6) is 0 Å². The summed E-state index contributed by atoms with van der Waals surface area (Å²) >= 11 is 1.50. The van der Waals surface area contributed by atoms with Gasteiger partial charge in [0.15, 0.2) is 6.19 Å². The van der Waals surface area contributed by atoms with Crippen molar-refractivity contribution in [1.82, 2.24) is 15.1 Å². The van der Waals surface area contributed by atoms with Crippen LogP contribution in [-0.2, 0) is 0 Å². The molecule has 0 aliphatic carbocycles. The highest BCUT2D eigenvalue weighted by Gasteiger charge is 2.37. The van der Waals surface area contributed by atoms with E-state index in [4.69, 9.17) is 0 Å². The molecular formula is C20H24N6OS. The van der Waals surface area contributed by atoms with Crippen LogP contribution in [0, 0.1) is 18.4 Å². The number of nitrogens with one attached hydrogen (secondary N) is 2. The van der Waals surface area contributed by atoms with Gasteiger partial charge in [0.2, 0.25) is 5.96 Å². The Morgan fingerprint density at radius 1 is 1.25 bits per heavy atom. The first-order valence-electron chi connectivity index (χ1n) is 9.07. The van der Waals surface area contributed by atoms with Crippen molar-refractivity contribution in [3.05, 3.63) is 47.3 Å². The van der Waals surface area contributed by atoms with Crippen molar-refractivity contribution < 1.29 is 4.79 Å². The molecular weight excluding hydrogens is 372 g/mol. The molecule has 2 aromatic rings. The summed E-state index contributed by atoms with van der Waals surface area (Å²) in [5.41, 5.74) is 1.46. The van der Waals surface area contributed by atoms with Gasteiger partial charge in [0.25, 0.3) is 0 Å². The Hall–Kier alpha value is -3.05. The Kier molecular flexibility index (Phi) is 5.85. The Bertz CT molecular complexity index is 900. The molecule has 0 radical (unpaired) electrons. The molecule has 0 saturated carbocycles. The highest BCUT2D eigenvalue weighted by atomic mass is 32.1. The number of para-hydroxylation sites is 1. The van der Waals surface area contributed by atoms with Gasteiger partial charge in [-0.1, -0.05) is 18.2 Å². The maximum Gasteiger partial charge on any atom is 0.322 e. The molecule has 0 atom stereocenters. The lowest BCUT2D eigenvalue weighted by Gasteiger charge is -2.47. The lowest BCUT2D eigenvalue weighted by Crippen LogP contribution is -2.64. The molecule has 1 aromatic carbocycles. The zero-order valence-electron chi connectivity index (χ0n) is 16.3. The minimum atomic E-state index is -0.392. The molecule has 1 aliphatic heterocycles. The van der Waals surface area contributed by atoms with Crippen LogP contribution in [0.4, 0.5) is 15.5 Å². The smallest absolute Gasteiger partial charge is 0.322 e. The number of urea groups is 1. The second kappa shape index (κ2) is 8.31. The molecule has 1 saturated heterocycles. The van der Waals surface area contributed by atoms with Gasteiger partial charge in [-0.2, -0.15) is 5.26 Å². The SMILES string of the molecule is Cc1ccccc1N=C(NC#N)N1CCN(C(=O)Nc2cccs2)CC1(C)C. The number of nitriles is 1. The highest BCUT2D eigenvalue weighted by molar-refractivity contribution is 7.14. The molecule has 1 fully saturated rings. The zero-order chi connectivity index (χ0) is 20.1. The van der Waals surface area contributed by atoms with Gasteiger partial charge in [0.1, 0.15) is 0 Å². The van der Waals surface area contributed by atoms with E-state index in [0.717, 1.165) is 16.3 Å². The molecule has 2 heterocycles. The summed E-state index contributed by atoms with van der Waals surface area (Å²) in [7, 11) is 0. The van der Waals surface area contributed by atoms with Crippen LogP contribution in [0.15, 0.2) is 46.8 Å². The lowest BCUT2D eigenvalue weighted by atomic mass is 9.99. The Morgan fingerprint density at radius 2 is 2.04 bits per heavy atom. The molecule has 3 rings (SSSR count). The van der Waals surface area contributed by atoms with E-state index in [-0.39, 0.29) is 6.03 Å². The van der Waals surface area contributed by atoms with Crippen molar-refractivity contribution in [3.8, 4) is 6.19 Å². The number of guanidine groups is 1. The maximum absolute atomic E-state index is 12.6. The van der Waals surface area contributed by atoms with E-state index < -0.39 is 5.54 Å². The van der Waals surface area contributed by atoms with E-state index in [1.807, 2.05) is 68.7 Å². The number of rotatable bonds is 2. The first-order chi connectivity index (χ1) is 13.4. The molecule has 1 aliphatic rings. The number of carbonyl (C=O) groups is 1. The molecule has 2 N–H and O–H groups in total. The number of aliphatic imine (C=N–C) groups is 1. The summed E-state index contributed by atoms with van der Waals surface area (Å²) < 4.78 is 0. The van der Waals surface area contributed by atoms with E-state index in [0.29, 0.717) is 25.6 Å². The fourth-order valence-electron chi connectivity index (χ4n) is 3.26. The minimum Gasteiger partial charge on any atom is -0.333 e. The second-order valence-electron chi connectivity index (χ2n) is 7.25. The lowest BCUT2D eigenvalue weighted by molar-refractivity contribution is 0.0917. The first-order valence-corrected chi connectivity index (χ1v) is 9.95. The number of hydrogen-bond donors (Lipinski definition) is 2. The van der Waals surface area contributed by atoms with E-state index in [1.165, 1.54) is 11.3 Å². The van der Waals surface area contributed by atoms with Gasteiger partial charge in [0.05, 0.1) is 16.2 Å². The minimum absolute atomic E-state index is 0.110. The van der Waals surface area contributed by atoms with Crippen molar-refractivity contribution in [3.63, 3.8) is 0 Å². The van der Waals surface area contributed by atoms with Gasteiger partial charge < -0.3 is 9.80 Å². The second-order valence-corrected chi connectivity index (χ2v) is 8.20. The van der Waals surface area contributed by atoms with Gasteiger partial charge in [-0.15, -0.1) is 11.3 Å². The number of nitrogens with zero attached hydrogens (tertiary/aromatic N) is 4. The number of benzene rings is 1. The molecule has 0 spiro atoms. The molecule has 0 unspecified atom stereocenters. The van der Waals surface area contributed by atoms with Crippen LogP contribution >= 0.6 is 11.3 Å². The summed E-state index contributed by atoms with van der Waals surface area (Å²) in [5, 5.41) is 17.7. The fourth-order valence-corrected chi connectivity index (χ4v) is 3.87. The summed E-state index contributed by atoms with van der Waals surface area (Å²) in [6, 6.07) is 11.5. The molecule has 146 valence electrons. The van der Waals surface area contributed by atoms with Gasteiger partial charge in [-0.05, 0) is 49.9 Å². The molecule has 8 heteroatoms.